The van der Waals surface area contributed by atoms with Gasteiger partial charge < -0.3 is 10.6 Å². The maximum atomic E-state index is 12.4. The minimum Gasteiger partial charge on any atom is -0.325 e. The molecule has 2 N–H and O–H groups in total. The molecule has 0 saturated heterocycles. The third kappa shape index (κ3) is 5.88. The van der Waals surface area contributed by atoms with Gasteiger partial charge in [-0.05, 0) is 56.4 Å². The molecule has 2 rings (SSSR count). The smallest absolute Gasteiger partial charge is 0.241 e. The Morgan fingerprint density at radius 2 is 1.62 bits per heavy atom. The Hall–Kier alpha value is -1.79. The van der Waals surface area contributed by atoms with E-state index in [0.29, 0.717) is 26.4 Å². The molecule has 0 aromatic heterocycles. The van der Waals surface area contributed by atoms with E-state index >= 15 is 0 Å². The zero-order chi connectivity index (χ0) is 19.3. The molecule has 0 spiro atoms. The molecule has 0 bridgehead atoms. The SMILES string of the molecule is C[C@H](C(=O)Nc1cc(Cl)ccc1Cl)N(C)CC(=O)Nc1ccc(Cl)cc1. The van der Waals surface area contributed by atoms with E-state index in [9.17, 15) is 9.59 Å². The Morgan fingerprint density at radius 1 is 1.00 bits per heavy atom. The molecule has 0 radical (unpaired) electrons. The van der Waals surface area contributed by atoms with E-state index in [0.717, 1.165) is 0 Å². The summed E-state index contributed by atoms with van der Waals surface area (Å²) in [6.07, 6.45) is 0. The summed E-state index contributed by atoms with van der Waals surface area (Å²) in [5.41, 5.74) is 1.06. The van der Waals surface area contributed by atoms with Crippen LogP contribution < -0.4 is 10.6 Å². The number of carbonyl (C=O) groups excluding carboxylic acids is 2. The van der Waals surface area contributed by atoms with E-state index in [1.807, 2.05) is 0 Å². The predicted molar refractivity (Wildman–Crippen MR) is 107 cm³/mol. The third-order valence-corrected chi connectivity index (χ3v) is 4.56. The number of halogens is 3. The molecule has 138 valence electrons. The van der Waals surface area contributed by atoms with Crippen molar-refractivity contribution in [1.29, 1.82) is 0 Å². The first-order valence-corrected chi connectivity index (χ1v) is 8.91. The van der Waals surface area contributed by atoms with Crippen LogP contribution >= 0.6 is 34.8 Å². The predicted octanol–water partition coefficient (Wildman–Crippen LogP) is 4.54. The molecular formula is C18H18Cl3N3O2. The minimum absolute atomic E-state index is 0.0422. The van der Waals surface area contributed by atoms with Gasteiger partial charge in [0.25, 0.3) is 0 Å². The van der Waals surface area contributed by atoms with Gasteiger partial charge in [-0.3, -0.25) is 14.5 Å². The number of likely N-dealkylation sites (N-methyl/N-ethyl adjacent to an activating group) is 1. The summed E-state index contributed by atoms with van der Waals surface area (Å²) in [5.74, 6) is -0.536. The topological polar surface area (TPSA) is 61.4 Å². The van der Waals surface area contributed by atoms with Crippen LogP contribution in [0.4, 0.5) is 11.4 Å². The fourth-order valence-electron chi connectivity index (χ4n) is 2.13. The normalized spacial score (nSPS) is 11.9. The second-order valence-corrected chi connectivity index (χ2v) is 7.04. The second kappa shape index (κ2) is 9.24. The zero-order valence-electron chi connectivity index (χ0n) is 14.2. The maximum Gasteiger partial charge on any atom is 0.241 e. The molecule has 26 heavy (non-hydrogen) atoms. The summed E-state index contributed by atoms with van der Waals surface area (Å²) in [7, 11) is 1.69. The molecule has 0 aliphatic carbocycles. The fourth-order valence-corrected chi connectivity index (χ4v) is 2.59. The Balaban J connectivity index is 1.92. The van der Waals surface area contributed by atoms with Crippen LogP contribution in [0.1, 0.15) is 6.92 Å². The summed E-state index contributed by atoms with van der Waals surface area (Å²) in [4.78, 5) is 26.2. The van der Waals surface area contributed by atoms with Crippen molar-refractivity contribution in [3.05, 3.63) is 57.5 Å². The van der Waals surface area contributed by atoms with Crippen molar-refractivity contribution in [1.82, 2.24) is 4.90 Å². The third-order valence-electron chi connectivity index (χ3n) is 3.75. The summed E-state index contributed by atoms with van der Waals surface area (Å²) in [6.45, 7) is 1.74. The molecule has 0 unspecified atom stereocenters. The van der Waals surface area contributed by atoms with Gasteiger partial charge in [0.2, 0.25) is 11.8 Å². The highest BCUT2D eigenvalue weighted by Gasteiger charge is 2.21. The highest BCUT2D eigenvalue weighted by Crippen LogP contribution is 2.25. The van der Waals surface area contributed by atoms with Crippen molar-refractivity contribution in [2.75, 3.05) is 24.2 Å². The van der Waals surface area contributed by atoms with Gasteiger partial charge in [-0.1, -0.05) is 34.8 Å². The Bertz CT molecular complexity index is 797. The van der Waals surface area contributed by atoms with Gasteiger partial charge in [-0.25, -0.2) is 0 Å². The van der Waals surface area contributed by atoms with Gasteiger partial charge >= 0.3 is 0 Å². The summed E-state index contributed by atoms with van der Waals surface area (Å²) < 4.78 is 0. The van der Waals surface area contributed by atoms with Crippen LogP contribution in [0.3, 0.4) is 0 Å². The van der Waals surface area contributed by atoms with Crippen LogP contribution in [0, 0.1) is 0 Å². The van der Waals surface area contributed by atoms with Gasteiger partial charge in [0.05, 0.1) is 23.3 Å². The molecule has 0 heterocycles. The lowest BCUT2D eigenvalue weighted by Crippen LogP contribution is -2.43. The van der Waals surface area contributed by atoms with E-state index in [1.54, 1.807) is 61.3 Å². The number of benzene rings is 2. The molecule has 0 aliphatic heterocycles. The molecular weight excluding hydrogens is 397 g/mol. The number of anilines is 2. The van der Waals surface area contributed by atoms with Crippen LogP contribution in [-0.4, -0.2) is 36.3 Å². The van der Waals surface area contributed by atoms with E-state index < -0.39 is 6.04 Å². The largest absolute Gasteiger partial charge is 0.325 e. The van der Waals surface area contributed by atoms with Gasteiger partial charge in [-0.15, -0.1) is 0 Å². The number of hydrogen-bond acceptors (Lipinski definition) is 3. The molecule has 0 aliphatic rings. The summed E-state index contributed by atoms with van der Waals surface area (Å²) in [5, 5.41) is 6.91. The quantitative estimate of drug-likeness (QED) is 0.729. The average molecular weight is 415 g/mol. The van der Waals surface area contributed by atoms with E-state index in [-0.39, 0.29) is 18.4 Å². The van der Waals surface area contributed by atoms with E-state index in [1.165, 1.54) is 0 Å². The van der Waals surface area contributed by atoms with Crippen molar-refractivity contribution in [2.45, 2.75) is 13.0 Å². The van der Waals surface area contributed by atoms with Gasteiger partial charge in [-0.2, -0.15) is 0 Å². The van der Waals surface area contributed by atoms with Crippen LogP contribution in [0.5, 0.6) is 0 Å². The number of amides is 2. The zero-order valence-corrected chi connectivity index (χ0v) is 16.5. The molecule has 0 saturated carbocycles. The monoisotopic (exact) mass is 413 g/mol. The van der Waals surface area contributed by atoms with Crippen molar-refractivity contribution in [3.63, 3.8) is 0 Å². The fraction of sp³-hybridized carbons (Fsp3) is 0.222. The first-order chi connectivity index (χ1) is 12.3. The van der Waals surface area contributed by atoms with Crippen LogP contribution in [0.2, 0.25) is 15.1 Å². The standard InChI is InChI=1S/C18H18Cl3N3O2/c1-11(18(26)23-16-9-13(20)5-8-15(16)21)24(2)10-17(25)22-14-6-3-12(19)4-7-14/h3-9,11H,10H2,1-2H3,(H,22,25)(H,23,26)/t11-/m1/s1. The highest BCUT2D eigenvalue weighted by atomic mass is 35.5. The van der Waals surface area contributed by atoms with Crippen LogP contribution in [-0.2, 0) is 9.59 Å². The lowest BCUT2D eigenvalue weighted by molar-refractivity contribution is -0.122. The number of nitrogens with one attached hydrogen (secondary N) is 2. The lowest BCUT2D eigenvalue weighted by atomic mass is 10.2. The van der Waals surface area contributed by atoms with Crippen molar-refractivity contribution in [2.24, 2.45) is 0 Å². The molecule has 2 amide bonds. The summed E-state index contributed by atoms with van der Waals surface area (Å²) >= 11 is 17.8. The Labute approximate surface area is 167 Å². The molecule has 2 aromatic rings. The van der Waals surface area contributed by atoms with Crippen molar-refractivity contribution in [3.8, 4) is 0 Å². The Kier molecular flexibility index (Phi) is 7.29. The average Bonchev–Trinajstić information content (AvgIpc) is 2.59. The van der Waals surface area contributed by atoms with Gasteiger partial charge in [0.1, 0.15) is 0 Å². The van der Waals surface area contributed by atoms with Crippen LogP contribution in [0.15, 0.2) is 42.5 Å². The summed E-state index contributed by atoms with van der Waals surface area (Å²) in [6, 6.07) is 11.0. The number of nitrogens with zero attached hydrogens (tertiary/aromatic N) is 1. The van der Waals surface area contributed by atoms with E-state index in [2.05, 4.69) is 10.6 Å². The second-order valence-electron chi connectivity index (χ2n) is 5.76. The molecule has 8 heteroatoms. The first kappa shape index (κ1) is 20.5. The molecule has 1 atom stereocenters. The molecule has 0 fully saturated rings. The first-order valence-electron chi connectivity index (χ1n) is 7.78. The Morgan fingerprint density at radius 3 is 2.27 bits per heavy atom. The van der Waals surface area contributed by atoms with E-state index in [4.69, 9.17) is 34.8 Å². The van der Waals surface area contributed by atoms with Crippen LogP contribution in [0.25, 0.3) is 0 Å². The highest BCUT2D eigenvalue weighted by molar-refractivity contribution is 6.35. The number of rotatable bonds is 6. The molecule has 2 aromatic carbocycles. The van der Waals surface area contributed by atoms with Gasteiger partial charge in [0, 0.05) is 15.7 Å². The minimum atomic E-state index is -0.555. The lowest BCUT2D eigenvalue weighted by Gasteiger charge is -2.23. The number of hydrogen-bond donors (Lipinski definition) is 2. The van der Waals surface area contributed by atoms with Crippen molar-refractivity contribution >= 4 is 58.0 Å². The molecule has 5 nitrogen and oxygen atoms in total. The maximum absolute atomic E-state index is 12.4. The number of carbonyl (C=O) groups is 2. The van der Waals surface area contributed by atoms with Gasteiger partial charge in [0.15, 0.2) is 0 Å². The van der Waals surface area contributed by atoms with Crippen molar-refractivity contribution < 1.29 is 9.59 Å².